The Morgan fingerprint density at radius 2 is 1.52 bits per heavy atom. The lowest BCUT2D eigenvalue weighted by atomic mass is 9.88. The van der Waals surface area contributed by atoms with E-state index in [1.807, 2.05) is 55.5 Å². The molecule has 2 aromatic carbocycles. The Hall–Kier alpha value is -2.04. The van der Waals surface area contributed by atoms with Crippen molar-refractivity contribution < 1.29 is 14.6 Å². The van der Waals surface area contributed by atoms with Crippen LogP contribution in [0.1, 0.15) is 24.2 Å². The lowest BCUT2D eigenvalue weighted by molar-refractivity contribution is 0.118. The third kappa shape index (κ3) is 4.03. The van der Waals surface area contributed by atoms with Gasteiger partial charge in [-0.25, -0.2) is 0 Å². The molecule has 0 spiro atoms. The van der Waals surface area contributed by atoms with Crippen LogP contribution in [0.3, 0.4) is 0 Å². The van der Waals surface area contributed by atoms with Crippen LogP contribution >= 0.6 is 0 Å². The Morgan fingerprint density at radius 3 is 2.17 bits per heavy atom. The molecule has 2 aromatic rings. The van der Waals surface area contributed by atoms with Gasteiger partial charge < -0.3 is 20.3 Å². The summed E-state index contributed by atoms with van der Waals surface area (Å²) >= 11 is 0. The minimum Gasteiger partial charge on any atom is -0.496 e. The van der Waals surface area contributed by atoms with Gasteiger partial charge in [0, 0.05) is 11.6 Å². The number of ether oxygens (including phenoxy) is 2. The summed E-state index contributed by atoms with van der Waals surface area (Å²) in [6, 6.07) is 14.9. The summed E-state index contributed by atoms with van der Waals surface area (Å²) in [5.74, 6) is 1.57. The molecule has 0 aromatic heterocycles. The Balaban J connectivity index is 2.14. The van der Waals surface area contributed by atoms with Crippen molar-refractivity contribution in [3.8, 4) is 11.5 Å². The number of benzene rings is 2. The van der Waals surface area contributed by atoms with E-state index in [-0.39, 0.29) is 5.92 Å². The number of hydrogen-bond donors (Lipinski definition) is 2. The Bertz CT molecular complexity index is 630. The Morgan fingerprint density at radius 1 is 0.957 bits per heavy atom. The van der Waals surface area contributed by atoms with Crippen LogP contribution in [0, 0.1) is 5.92 Å². The van der Waals surface area contributed by atoms with E-state index in [0.29, 0.717) is 5.75 Å². The van der Waals surface area contributed by atoms with Crippen molar-refractivity contribution in [2.45, 2.75) is 25.5 Å². The minimum atomic E-state index is -0.782. The molecule has 0 radical (unpaired) electrons. The number of nitrogens with two attached hydrogens (primary N) is 1. The molecule has 0 saturated carbocycles. The van der Waals surface area contributed by atoms with E-state index < -0.39 is 12.1 Å². The maximum Gasteiger partial charge on any atom is 0.124 e. The molecular weight excluding hydrogens is 290 g/mol. The van der Waals surface area contributed by atoms with Gasteiger partial charge >= 0.3 is 0 Å². The molecule has 1 unspecified atom stereocenters. The zero-order chi connectivity index (χ0) is 16.8. The zero-order valence-corrected chi connectivity index (χ0v) is 13.9. The van der Waals surface area contributed by atoms with Gasteiger partial charge in [-0.1, -0.05) is 43.3 Å². The molecule has 0 aliphatic rings. The van der Waals surface area contributed by atoms with Crippen molar-refractivity contribution in [2.75, 3.05) is 14.2 Å². The van der Waals surface area contributed by atoms with Crippen LogP contribution in [0.15, 0.2) is 48.5 Å². The average molecular weight is 315 g/mol. The lowest BCUT2D eigenvalue weighted by Crippen LogP contribution is -2.36. The van der Waals surface area contributed by atoms with E-state index in [2.05, 4.69) is 0 Å². The molecule has 4 heteroatoms. The number of rotatable bonds is 7. The molecule has 0 fully saturated rings. The first kappa shape index (κ1) is 17.3. The second-order valence-corrected chi connectivity index (χ2v) is 5.76. The summed E-state index contributed by atoms with van der Waals surface area (Å²) in [5, 5.41) is 10.6. The van der Waals surface area contributed by atoms with Crippen molar-refractivity contribution in [3.05, 3.63) is 59.7 Å². The molecule has 0 bridgehead atoms. The lowest BCUT2D eigenvalue weighted by Gasteiger charge is -2.26. The molecule has 3 atom stereocenters. The molecule has 0 aliphatic heterocycles. The molecule has 3 N–H and O–H groups in total. The number of methoxy groups -OCH3 is 2. The molecule has 0 amide bonds. The van der Waals surface area contributed by atoms with Crippen LogP contribution in [0.2, 0.25) is 0 Å². The molecule has 4 nitrogen and oxygen atoms in total. The molecule has 23 heavy (non-hydrogen) atoms. The van der Waals surface area contributed by atoms with Gasteiger partial charge in [0.15, 0.2) is 0 Å². The largest absolute Gasteiger partial charge is 0.496 e. The summed E-state index contributed by atoms with van der Waals surface area (Å²) in [6.45, 7) is 2.04. The van der Waals surface area contributed by atoms with Gasteiger partial charge in [0.05, 0.1) is 20.3 Å². The highest BCUT2D eigenvalue weighted by molar-refractivity contribution is 5.36. The normalized spacial score (nSPS) is 14.8. The number of aliphatic hydroxyl groups excluding tert-OH is 1. The van der Waals surface area contributed by atoms with Gasteiger partial charge in [-0.2, -0.15) is 0 Å². The van der Waals surface area contributed by atoms with Gasteiger partial charge in [0.25, 0.3) is 0 Å². The van der Waals surface area contributed by atoms with E-state index >= 15 is 0 Å². The van der Waals surface area contributed by atoms with Gasteiger partial charge in [0.2, 0.25) is 0 Å². The highest BCUT2D eigenvalue weighted by atomic mass is 16.5. The van der Waals surface area contributed by atoms with E-state index in [4.69, 9.17) is 15.2 Å². The Labute approximate surface area is 137 Å². The first-order valence-electron chi connectivity index (χ1n) is 7.77. The van der Waals surface area contributed by atoms with E-state index in [0.717, 1.165) is 23.3 Å². The fourth-order valence-corrected chi connectivity index (χ4v) is 2.78. The maximum atomic E-state index is 10.6. The maximum absolute atomic E-state index is 10.6. The molecule has 124 valence electrons. The SMILES string of the molecule is COc1ccccc1CC(C)[C@@H](N)[C@H](O)c1ccccc1OC. The predicted molar refractivity (Wildman–Crippen MR) is 91.8 cm³/mol. The molecule has 0 saturated heterocycles. The van der Waals surface area contributed by atoms with E-state index in [9.17, 15) is 5.11 Å². The van der Waals surface area contributed by atoms with Crippen LogP contribution in [0.5, 0.6) is 11.5 Å². The Kier molecular flexibility index (Phi) is 6.02. The summed E-state index contributed by atoms with van der Waals surface area (Å²) in [4.78, 5) is 0. The first-order chi connectivity index (χ1) is 11.1. The highest BCUT2D eigenvalue weighted by Crippen LogP contribution is 2.30. The van der Waals surface area contributed by atoms with E-state index in [1.165, 1.54) is 0 Å². The third-order valence-electron chi connectivity index (χ3n) is 4.21. The predicted octanol–water partition coefficient (Wildman–Crippen LogP) is 2.94. The summed E-state index contributed by atoms with van der Waals surface area (Å²) in [5.41, 5.74) is 8.11. The van der Waals surface area contributed by atoms with Crippen molar-refractivity contribution in [1.29, 1.82) is 0 Å². The van der Waals surface area contributed by atoms with Gasteiger partial charge in [0.1, 0.15) is 11.5 Å². The average Bonchev–Trinajstić information content (AvgIpc) is 2.60. The van der Waals surface area contributed by atoms with E-state index in [1.54, 1.807) is 14.2 Å². The fraction of sp³-hybridized carbons (Fsp3) is 0.368. The fourth-order valence-electron chi connectivity index (χ4n) is 2.78. The molecular formula is C19H25NO3. The zero-order valence-electron chi connectivity index (χ0n) is 13.9. The van der Waals surface area contributed by atoms with Gasteiger partial charge in [-0.3, -0.25) is 0 Å². The van der Waals surface area contributed by atoms with Crippen molar-refractivity contribution in [3.63, 3.8) is 0 Å². The molecule has 0 aliphatic carbocycles. The highest BCUT2D eigenvalue weighted by Gasteiger charge is 2.25. The minimum absolute atomic E-state index is 0.0752. The van der Waals surface area contributed by atoms with Crippen LogP contribution in [-0.4, -0.2) is 25.4 Å². The second-order valence-electron chi connectivity index (χ2n) is 5.76. The summed E-state index contributed by atoms with van der Waals surface area (Å²) in [7, 11) is 3.25. The van der Waals surface area contributed by atoms with Crippen LogP contribution in [0.4, 0.5) is 0 Å². The molecule has 0 heterocycles. The summed E-state index contributed by atoms with van der Waals surface area (Å²) < 4.78 is 10.7. The smallest absolute Gasteiger partial charge is 0.124 e. The van der Waals surface area contributed by atoms with Gasteiger partial charge in [-0.15, -0.1) is 0 Å². The van der Waals surface area contributed by atoms with Crippen molar-refractivity contribution >= 4 is 0 Å². The third-order valence-corrected chi connectivity index (χ3v) is 4.21. The summed E-state index contributed by atoms with van der Waals surface area (Å²) in [6.07, 6.45) is -0.0481. The quantitative estimate of drug-likeness (QED) is 0.824. The number of para-hydroxylation sites is 2. The topological polar surface area (TPSA) is 64.7 Å². The number of hydrogen-bond acceptors (Lipinski definition) is 4. The molecule has 2 rings (SSSR count). The first-order valence-corrected chi connectivity index (χ1v) is 7.77. The van der Waals surface area contributed by atoms with Crippen molar-refractivity contribution in [2.24, 2.45) is 11.7 Å². The standard InChI is InChI=1S/C19H25NO3/c1-13(12-14-8-4-6-10-16(14)22-2)18(20)19(21)15-9-5-7-11-17(15)23-3/h4-11,13,18-19,21H,12,20H2,1-3H3/t13?,18-,19-/m1/s1. The van der Waals surface area contributed by atoms with Crippen molar-refractivity contribution in [1.82, 2.24) is 0 Å². The monoisotopic (exact) mass is 315 g/mol. The second kappa shape index (κ2) is 7.99. The van der Waals surface area contributed by atoms with Crippen LogP contribution in [0.25, 0.3) is 0 Å². The van der Waals surface area contributed by atoms with Crippen LogP contribution < -0.4 is 15.2 Å². The van der Waals surface area contributed by atoms with Crippen LogP contribution in [-0.2, 0) is 6.42 Å². The number of aliphatic hydroxyl groups is 1. The van der Waals surface area contributed by atoms with Gasteiger partial charge in [-0.05, 0) is 30.0 Å².